The summed E-state index contributed by atoms with van der Waals surface area (Å²) in [6.07, 6.45) is -0.667. The van der Waals surface area contributed by atoms with Crippen LogP contribution < -0.4 is 0 Å². The molecule has 0 radical (unpaired) electrons. The Labute approximate surface area is 111 Å². The van der Waals surface area contributed by atoms with Crippen molar-refractivity contribution >= 4 is 37.8 Å². The van der Waals surface area contributed by atoms with E-state index in [0.29, 0.717) is 11.9 Å². The quantitative estimate of drug-likeness (QED) is 0.604. The van der Waals surface area contributed by atoms with Gasteiger partial charge in [-0.25, -0.2) is 4.79 Å². The van der Waals surface area contributed by atoms with Gasteiger partial charge in [-0.3, -0.25) is 0 Å². The molecule has 0 fully saturated rings. The minimum Gasteiger partial charge on any atom is -0.467 e. The van der Waals surface area contributed by atoms with Gasteiger partial charge >= 0.3 is 5.97 Å². The van der Waals surface area contributed by atoms with E-state index >= 15 is 0 Å². The first-order valence-corrected chi connectivity index (χ1v) is 6.61. The minimum atomic E-state index is -0.667. The van der Waals surface area contributed by atoms with Crippen LogP contribution in [-0.2, 0) is 14.3 Å². The summed E-state index contributed by atoms with van der Waals surface area (Å²) >= 11 is 6.60. The van der Waals surface area contributed by atoms with Gasteiger partial charge in [-0.2, -0.15) is 0 Å². The highest BCUT2D eigenvalue weighted by molar-refractivity contribution is 9.10. The lowest BCUT2D eigenvalue weighted by molar-refractivity contribution is -0.154. The Morgan fingerprint density at radius 1 is 1.50 bits per heavy atom. The monoisotopic (exact) mass is 350 g/mol. The van der Waals surface area contributed by atoms with Gasteiger partial charge in [0, 0.05) is 9.80 Å². The highest BCUT2D eigenvalue weighted by atomic mass is 79.9. The standard InChI is InChI=1S/C11H12Br2O3/c1-15-11(14)10(16-6-5-12)8-3-2-4-9(13)7-8/h2-4,7,10H,5-6H2,1H3. The second-order valence-electron chi connectivity index (χ2n) is 3.02. The van der Waals surface area contributed by atoms with Crippen molar-refractivity contribution in [1.29, 1.82) is 0 Å². The van der Waals surface area contributed by atoms with E-state index in [1.807, 2.05) is 24.3 Å². The Morgan fingerprint density at radius 3 is 2.81 bits per heavy atom. The number of halogens is 2. The van der Waals surface area contributed by atoms with Gasteiger partial charge in [0.25, 0.3) is 0 Å². The van der Waals surface area contributed by atoms with E-state index in [4.69, 9.17) is 9.47 Å². The van der Waals surface area contributed by atoms with Crippen LogP contribution in [0.3, 0.4) is 0 Å². The lowest BCUT2D eigenvalue weighted by Gasteiger charge is -2.15. The average molecular weight is 352 g/mol. The number of esters is 1. The van der Waals surface area contributed by atoms with Gasteiger partial charge in [0.1, 0.15) is 0 Å². The third kappa shape index (κ3) is 3.88. The summed E-state index contributed by atoms with van der Waals surface area (Å²) in [5, 5.41) is 0.675. The van der Waals surface area contributed by atoms with Gasteiger partial charge in [-0.15, -0.1) is 0 Å². The Bertz CT molecular complexity index is 355. The molecule has 1 atom stereocenters. The van der Waals surface area contributed by atoms with Gasteiger partial charge in [0.15, 0.2) is 6.10 Å². The molecule has 5 heteroatoms. The molecule has 0 spiro atoms. The third-order valence-corrected chi connectivity index (χ3v) is 2.75. The molecule has 0 bridgehead atoms. The van der Waals surface area contributed by atoms with Crippen molar-refractivity contribution in [1.82, 2.24) is 0 Å². The SMILES string of the molecule is COC(=O)C(OCCBr)c1cccc(Br)c1. The number of ether oxygens (including phenoxy) is 2. The first kappa shape index (κ1) is 13.7. The van der Waals surface area contributed by atoms with Gasteiger partial charge in [-0.1, -0.05) is 44.0 Å². The third-order valence-electron chi connectivity index (χ3n) is 1.93. The fourth-order valence-electron chi connectivity index (χ4n) is 1.24. The van der Waals surface area contributed by atoms with Crippen molar-refractivity contribution in [2.24, 2.45) is 0 Å². The molecule has 0 aliphatic rings. The molecule has 1 aromatic carbocycles. The van der Waals surface area contributed by atoms with Crippen molar-refractivity contribution in [3.8, 4) is 0 Å². The summed E-state index contributed by atoms with van der Waals surface area (Å²) in [6, 6.07) is 7.42. The largest absolute Gasteiger partial charge is 0.467 e. The molecule has 0 aliphatic heterocycles. The minimum absolute atomic E-state index is 0.390. The maximum atomic E-state index is 11.6. The topological polar surface area (TPSA) is 35.5 Å². The van der Waals surface area contributed by atoms with E-state index in [9.17, 15) is 4.79 Å². The number of hydrogen-bond donors (Lipinski definition) is 0. The summed E-state index contributed by atoms with van der Waals surface area (Å²) in [5.74, 6) is -0.390. The molecule has 16 heavy (non-hydrogen) atoms. The van der Waals surface area contributed by atoms with Crippen LogP contribution in [-0.4, -0.2) is 25.0 Å². The fourth-order valence-corrected chi connectivity index (χ4v) is 1.84. The molecular weight excluding hydrogens is 340 g/mol. The van der Waals surface area contributed by atoms with Crippen LogP contribution in [0.4, 0.5) is 0 Å². The van der Waals surface area contributed by atoms with Crippen molar-refractivity contribution in [2.75, 3.05) is 19.0 Å². The van der Waals surface area contributed by atoms with Crippen LogP contribution in [0, 0.1) is 0 Å². The molecule has 1 unspecified atom stereocenters. The molecule has 3 nitrogen and oxygen atoms in total. The van der Waals surface area contributed by atoms with E-state index in [0.717, 1.165) is 10.0 Å². The number of alkyl halides is 1. The first-order chi connectivity index (χ1) is 7.69. The highest BCUT2D eigenvalue weighted by Gasteiger charge is 2.21. The number of carbonyl (C=O) groups is 1. The summed E-state index contributed by atoms with van der Waals surface area (Å²) in [4.78, 5) is 11.6. The van der Waals surface area contributed by atoms with Crippen molar-refractivity contribution in [3.63, 3.8) is 0 Å². The number of hydrogen-bond acceptors (Lipinski definition) is 3. The molecule has 0 saturated heterocycles. The molecule has 88 valence electrons. The second-order valence-corrected chi connectivity index (χ2v) is 4.73. The van der Waals surface area contributed by atoms with Crippen LogP contribution in [0.1, 0.15) is 11.7 Å². The van der Waals surface area contributed by atoms with E-state index in [2.05, 4.69) is 31.9 Å². The summed E-state index contributed by atoms with van der Waals surface area (Å²) in [5.41, 5.74) is 0.780. The molecule has 1 rings (SSSR count). The Hall–Kier alpha value is -0.390. The molecule has 0 aromatic heterocycles. The predicted molar refractivity (Wildman–Crippen MR) is 68.6 cm³/mol. The molecule has 0 N–H and O–H groups in total. The van der Waals surface area contributed by atoms with Crippen LogP contribution in [0.15, 0.2) is 28.7 Å². The van der Waals surface area contributed by atoms with E-state index in [-0.39, 0.29) is 5.97 Å². The maximum absolute atomic E-state index is 11.6. The van der Waals surface area contributed by atoms with Gasteiger partial charge in [-0.05, 0) is 17.7 Å². The van der Waals surface area contributed by atoms with Crippen molar-refractivity contribution in [3.05, 3.63) is 34.3 Å². The van der Waals surface area contributed by atoms with E-state index in [1.165, 1.54) is 7.11 Å². The molecule has 0 heterocycles. The molecular formula is C11H12Br2O3. The van der Waals surface area contributed by atoms with E-state index < -0.39 is 6.10 Å². The summed E-state index contributed by atoms with van der Waals surface area (Å²) in [6.45, 7) is 0.451. The Balaban J connectivity index is 2.87. The summed E-state index contributed by atoms with van der Waals surface area (Å²) in [7, 11) is 1.35. The highest BCUT2D eigenvalue weighted by Crippen LogP contribution is 2.22. The molecule has 0 saturated carbocycles. The second kappa shape index (κ2) is 7.04. The molecule has 0 amide bonds. The number of benzene rings is 1. The normalized spacial score (nSPS) is 12.2. The fraction of sp³-hybridized carbons (Fsp3) is 0.364. The first-order valence-electron chi connectivity index (χ1n) is 4.70. The maximum Gasteiger partial charge on any atom is 0.339 e. The molecule has 0 aliphatic carbocycles. The van der Waals surface area contributed by atoms with Crippen LogP contribution in [0.5, 0.6) is 0 Å². The van der Waals surface area contributed by atoms with Gasteiger partial charge in [0.2, 0.25) is 0 Å². The van der Waals surface area contributed by atoms with Crippen molar-refractivity contribution < 1.29 is 14.3 Å². The zero-order valence-electron chi connectivity index (χ0n) is 8.78. The number of carbonyl (C=O) groups excluding carboxylic acids is 1. The Morgan fingerprint density at radius 2 is 2.25 bits per heavy atom. The van der Waals surface area contributed by atoms with Gasteiger partial charge < -0.3 is 9.47 Å². The molecule has 1 aromatic rings. The zero-order chi connectivity index (χ0) is 12.0. The van der Waals surface area contributed by atoms with E-state index in [1.54, 1.807) is 0 Å². The van der Waals surface area contributed by atoms with Crippen LogP contribution in [0.2, 0.25) is 0 Å². The lowest BCUT2D eigenvalue weighted by Crippen LogP contribution is -2.18. The van der Waals surface area contributed by atoms with Gasteiger partial charge in [0.05, 0.1) is 13.7 Å². The predicted octanol–water partition coefficient (Wildman–Crippen LogP) is 3.07. The zero-order valence-corrected chi connectivity index (χ0v) is 12.0. The van der Waals surface area contributed by atoms with Crippen molar-refractivity contribution in [2.45, 2.75) is 6.10 Å². The summed E-state index contributed by atoms with van der Waals surface area (Å²) < 4.78 is 11.1. The van der Waals surface area contributed by atoms with Crippen LogP contribution in [0.25, 0.3) is 0 Å². The lowest BCUT2D eigenvalue weighted by atomic mass is 10.1. The smallest absolute Gasteiger partial charge is 0.339 e. The average Bonchev–Trinajstić information content (AvgIpc) is 2.29. The number of methoxy groups -OCH3 is 1. The Kier molecular flexibility index (Phi) is 6.01. The number of rotatable bonds is 5. The van der Waals surface area contributed by atoms with Crippen LogP contribution >= 0.6 is 31.9 Å².